The van der Waals surface area contributed by atoms with E-state index in [1.54, 1.807) is 6.92 Å². The quantitative estimate of drug-likeness (QED) is 0.755. The maximum Gasteiger partial charge on any atom is 0.343 e. The lowest BCUT2D eigenvalue weighted by Gasteiger charge is -2.34. The molecule has 3 heterocycles. The zero-order valence-corrected chi connectivity index (χ0v) is 15.3. The van der Waals surface area contributed by atoms with Gasteiger partial charge in [-0.1, -0.05) is 0 Å². The molecule has 2 aliphatic rings. The number of piperazine rings is 1. The molecular formula is C18H23N5O4. The number of aromatic amines is 1. The van der Waals surface area contributed by atoms with Crippen LogP contribution in [0, 0.1) is 5.92 Å². The highest BCUT2D eigenvalue weighted by Gasteiger charge is 2.34. The number of amides is 1. The predicted octanol–water partition coefficient (Wildman–Crippen LogP) is 0.254. The van der Waals surface area contributed by atoms with Crippen molar-refractivity contribution in [3.8, 4) is 0 Å². The van der Waals surface area contributed by atoms with Crippen LogP contribution in [-0.4, -0.2) is 69.1 Å². The average molecular weight is 373 g/mol. The van der Waals surface area contributed by atoms with Crippen molar-refractivity contribution in [2.45, 2.75) is 26.3 Å². The summed E-state index contributed by atoms with van der Waals surface area (Å²) >= 11 is 0. The van der Waals surface area contributed by atoms with Gasteiger partial charge in [0.15, 0.2) is 5.65 Å². The van der Waals surface area contributed by atoms with E-state index in [0.29, 0.717) is 25.3 Å². The SMILES string of the molecule is CCOC(=O)c1c[nH]n2c(=O)cc(CN3CCN(C(=O)C4CC4)CC3)nc12. The van der Waals surface area contributed by atoms with Crippen LogP contribution in [-0.2, 0) is 16.1 Å². The molecule has 0 bridgehead atoms. The second-order valence-corrected chi connectivity index (χ2v) is 7.03. The normalized spacial score (nSPS) is 18.0. The van der Waals surface area contributed by atoms with Gasteiger partial charge >= 0.3 is 5.97 Å². The molecule has 1 saturated carbocycles. The predicted molar refractivity (Wildman–Crippen MR) is 96.4 cm³/mol. The van der Waals surface area contributed by atoms with Gasteiger partial charge in [0.2, 0.25) is 5.91 Å². The van der Waals surface area contributed by atoms with E-state index in [9.17, 15) is 14.4 Å². The van der Waals surface area contributed by atoms with Gasteiger partial charge in [0, 0.05) is 50.9 Å². The second kappa shape index (κ2) is 7.15. The lowest BCUT2D eigenvalue weighted by Crippen LogP contribution is -2.48. The molecule has 1 N–H and O–H groups in total. The Morgan fingerprint density at radius 1 is 1.26 bits per heavy atom. The van der Waals surface area contributed by atoms with Crippen molar-refractivity contribution in [1.82, 2.24) is 24.4 Å². The van der Waals surface area contributed by atoms with Gasteiger partial charge < -0.3 is 9.64 Å². The van der Waals surface area contributed by atoms with Crippen LogP contribution in [0.2, 0.25) is 0 Å². The number of ether oxygens (including phenoxy) is 1. The smallest absolute Gasteiger partial charge is 0.343 e. The number of esters is 1. The Bertz CT molecular complexity index is 921. The van der Waals surface area contributed by atoms with Crippen molar-refractivity contribution in [3.05, 3.63) is 33.9 Å². The number of rotatable bonds is 5. The molecule has 0 unspecified atom stereocenters. The summed E-state index contributed by atoms with van der Waals surface area (Å²) in [5, 5.41) is 2.74. The molecule has 0 aromatic carbocycles. The van der Waals surface area contributed by atoms with Gasteiger partial charge in [-0.15, -0.1) is 0 Å². The standard InChI is InChI=1S/C18H23N5O4/c1-2-27-18(26)14-10-19-23-15(24)9-13(20-16(14)23)11-21-5-7-22(8-6-21)17(25)12-3-4-12/h9-10,12,19H,2-8,11H2,1H3. The van der Waals surface area contributed by atoms with Crippen molar-refractivity contribution in [2.75, 3.05) is 32.8 Å². The van der Waals surface area contributed by atoms with Crippen LogP contribution in [0.15, 0.2) is 17.1 Å². The summed E-state index contributed by atoms with van der Waals surface area (Å²) in [6.07, 6.45) is 3.48. The Hall–Kier alpha value is -2.68. The van der Waals surface area contributed by atoms with Gasteiger partial charge in [-0.05, 0) is 19.8 Å². The van der Waals surface area contributed by atoms with Crippen LogP contribution in [0.25, 0.3) is 5.65 Å². The van der Waals surface area contributed by atoms with Gasteiger partial charge in [0.25, 0.3) is 5.56 Å². The molecule has 2 aromatic rings. The highest BCUT2D eigenvalue weighted by molar-refractivity contribution is 5.95. The first kappa shape index (κ1) is 17.7. The third-order valence-corrected chi connectivity index (χ3v) is 5.04. The fourth-order valence-electron chi connectivity index (χ4n) is 3.41. The first-order valence-electron chi connectivity index (χ1n) is 9.35. The zero-order valence-electron chi connectivity index (χ0n) is 15.3. The molecule has 1 amide bonds. The van der Waals surface area contributed by atoms with Gasteiger partial charge in [-0.3, -0.25) is 19.6 Å². The average Bonchev–Trinajstić information content (AvgIpc) is 3.41. The molecule has 1 aliphatic heterocycles. The minimum absolute atomic E-state index is 0.246. The Labute approximate surface area is 155 Å². The van der Waals surface area contributed by atoms with E-state index in [0.717, 1.165) is 25.9 Å². The van der Waals surface area contributed by atoms with Crippen LogP contribution >= 0.6 is 0 Å². The summed E-state index contributed by atoms with van der Waals surface area (Å²) < 4.78 is 6.26. The first-order chi connectivity index (χ1) is 13.1. The fraction of sp³-hybridized carbons (Fsp3) is 0.556. The monoisotopic (exact) mass is 373 g/mol. The summed E-state index contributed by atoms with van der Waals surface area (Å²) in [6, 6.07) is 1.47. The molecule has 27 heavy (non-hydrogen) atoms. The minimum Gasteiger partial charge on any atom is -0.462 e. The van der Waals surface area contributed by atoms with Crippen LogP contribution in [0.1, 0.15) is 35.8 Å². The Kier molecular flexibility index (Phi) is 4.69. The first-order valence-corrected chi connectivity index (χ1v) is 9.35. The summed E-state index contributed by atoms with van der Waals surface area (Å²) in [6.45, 7) is 5.39. The number of carbonyl (C=O) groups is 2. The van der Waals surface area contributed by atoms with E-state index in [-0.39, 0.29) is 35.2 Å². The Balaban J connectivity index is 1.47. The summed E-state index contributed by atoms with van der Waals surface area (Å²) in [5.74, 6) is 0.0156. The van der Waals surface area contributed by atoms with Crippen LogP contribution in [0.4, 0.5) is 0 Å². The highest BCUT2D eigenvalue weighted by Crippen LogP contribution is 2.31. The van der Waals surface area contributed by atoms with Crippen LogP contribution in [0.3, 0.4) is 0 Å². The molecule has 9 nitrogen and oxygen atoms in total. The number of hydrogen-bond acceptors (Lipinski definition) is 6. The lowest BCUT2D eigenvalue weighted by atomic mass is 10.2. The molecular weight excluding hydrogens is 350 g/mol. The zero-order chi connectivity index (χ0) is 19.0. The number of nitrogens with zero attached hydrogens (tertiary/aromatic N) is 4. The van der Waals surface area contributed by atoms with Gasteiger partial charge in [-0.2, -0.15) is 0 Å². The fourth-order valence-corrected chi connectivity index (χ4v) is 3.41. The minimum atomic E-state index is -0.507. The molecule has 2 aromatic heterocycles. The van der Waals surface area contributed by atoms with E-state index in [1.807, 2.05) is 4.90 Å². The van der Waals surface area contributed by atoms with Crippen molar-refractivity contribution in [3.63, 3.8) is 0 Å². The van der Waals surface area contributed by atoms with Gasteiger partial charge in [-0.25, -0.2) is 14.3 Å². The molecule has 2 fully saturated rings. The van der Waals surface area contributed by atoms with E-state index in [1.165, 1.54) is 16.8 Å². The highest BCUT2D eigenvalue weighted by atomic mass is 16.5. The third kappa shape index (κ3) is 3.59. The molecule has 1 saturated heterocycles. The van der Waals surface area contributed by atoms with Crippen molar-refractivity contribution < 1.29 is 14.3 Å². The number of nitrogens with one attached hydrogen (secondary N) is 1. The van der Waals surface area contributed by atoms with Gasteiger partial charge in [0.05, 0.1) is 12.3 Å². The molecule has 9 heteroatoms. The third-order valence-electron chi connectivity index (χ3n) is 5.04. The Morgan fingerprint density at radius 3 is 2.67 bits per heavy atom. The molecule has 4 rings (SSSR count). The van der Waals surface area contributed by atoms with E-state index in [2.05, 4.69) is 15.0 Å². The molecule has 0 radical (unpaired) electrons. The van der Waals surface area contributed by atoms with E-state index >= 15 is 0 Å². The molecule has 0 atom stereocenters. The lowest BCUT2D eigenvalue weighted by molar-refractivity contribution is -0.134. The molecule has 144 valence electrons. The Morgan fingerprint density at radius 2 is 2.00 bits per heavy atom. The summed E-state index contributed by atoms with van der Waals surface area (Å²) in [5.41, 5.74) is 0.856. The number of carbonyl (C=O) groups excluding carboxylic acids is 2. The summed E-state index contributed by atoms with van der Waals surface area (Å²) in [4.78, 5) is 45.1. The van der Waals surface area contributed by atoms with Crippen molar-refractivity contribution in [2.24, 2.45) is 5.92 Å². The largest absolute Gasteiger partial charge is 0.462 e. The van der Waals surface area contributed by atoms with Crippen LogP contribution < -0.4 is 5.56 Å². The van der Waals surface area contributed by atoms with Crippen molar-refractivity contribution in [1.29, 1.82) is 0 Å². The number of fused-ring (bicyclic) bond motifs is 1. The number of hydrogen-bond donors (Lipinski definition) is 1. The maximum absolute atomic E-state index is 12.3. The molecule has 0 spiro atoms. The molecule has 1 aliphatic carbocycles. The number of H-pyrrole nitrogens is 1. The van der Waals surface area contributed by atoms with Crippen LogP contribution in [0.5, 0.6) is 0 Å². The van der Waals surface area contributed by atoms with Gasteiger partial charge in [0.1, 0.15) is 5.56 Å². The second-order valence-electron chi connectivity index (χ2n) is 7.03. The van der Waals surface area contributed by atoms with E-state index in [4.69, 9.17) is 4.74 Å². The van der Waals surface area contributed by atoms with E-state index < -0.39 is 5.97 Å². The number of aromatic nitrogens is 3. The topological polar surface area (TPSA) is 100 Å². The summed E-state index contributed by atoms with van der Waals surface area (Å²) in [7, 11) is 0. The maximum atomic E-state index is 12.3. The van der Waals surface area contributed by atoms with Crippen molar-refractivity contribution >= 4 is 17.5 Å².